The Bertz CT molecular complexity index is 872. The molecule has 3 rings (SSSR count). The molecule has 0 saturated carbocycles. The summed E-state index contributed by atoms with van der Waals surface area (Å²) in [6.07, 6.45) is -0.317. The van der Waals surface area contributed by atoms with Crippen molar-refractivity contribution >= 4 is 28.4 Å². The molecule has 0 unspecified atom stereocenters. The standard InChI is InChI=1S/C20H24N2O6S/c1-2-27-18(23)16-15(11-29-17(16)21)13-3-5-14(6-4-13)28-12-20(26)7-9-22(10-8-20)19(24)25/h3-6,11,26H,2,7-10,12,21H2,1H3,(H,24,25). The number of anilines is 1. The topological polar surface area (TPSA) is 122 Å². The molecule has 2 heterocycles. The molecule has 1 amide bonds. The summed E-state index contributed by atoms with van der Waals surface area (Å²) in [6, 6.07) is 7.15. The molecular weight excluding hydrogens is 396 g/mol. The first-order chi connectivity index (χ1) is 13.8. The zero-order chi connectivity index (χ0) is 21.0. The quantitative estimate of drug-likeness (QED) is 0.614. The number of amides is 1. The second-order valence-corrected chi connectivity index (χ2v) is 7.83. The van der Waals surface area contributed by atoms with E-state index in [1.165, 1.54) is 16.2 Å². The summed E-state index contributed by atoms with van der Waals surface area (Å²) in [5.74, 6) is 0.125. The fourth-order valence-electron chi connectivity index (χ4n) is 3.21. The molecule has 8 nitrogen and oxygen atoms in total. The maximum absolute atomic E-state index is 12.2. The minimum Gasteiger partial charge on any atom is -0.491 e. The number of benzene rings is 1. The third kappa shape index (κ3) is 4.80. The number of piperidine rings is 1. The molecule has 0 atom stereocenters. The van der Waals surface area contributed by atoms with Crippen molar-refractivity contribution in [1.82, 2.24) is 4.90 Å². The van der Waals surface area contributed by atoms with Crippen LogP contribution in [0.2, 0.25) is 0 Å². The van der Waals surface area contributed by atoms with E-state index in [4.69, 9.17) is 20.3 Å². The van der Waals surface area contributed by atoms with Crippen LogP contribution in [0.15, 0.2) is 29.6 Å². The fraction of sp³-hybridized carbons (Fsp3) is 0.400. The van der Waals surface area contributed by atoms with Crippen molar-refractivity contribution < 1.29 is 29.3 Å². The number of carbonyl (C=O) groups is 2. The Hall–Kier alpha value is -2.78. The van der Waals surface area contributed by atoms with Gasteiger partial charge in [-0.3, -0.25) is 0 Å². The van der Waals surface area contributed by atoms with Gasteiger partial charge in [0.15, 0.2) is 0 Å². The number of ether oxygens (including phenoxy) is 2. The molecule has 156 valence electrons. The Morgan fingerprint density at radius 1 is 1.24 bits per heavy atom. The highest BCUT2D eigenvalue weighted by atomic mass is 32.1. The van der Waals surface area contributed by atoms with E-state index in [1.807, 2.05) is 17.5 Å². The molecule has 9 heteroatoms. The van der Waals surface area contributed by atoms with Gasteiger partial charge in [-0.05, 0) is 37.5 Å². The first kappa shape index (κ1) is 20.9. The van der Waals surface area contributed by atoms with Gasteiger partial charge < -0.3 is 30.3 Å². The van der Waals surface area contributed by atoms with E-state index in [9.17, 15) is 14.7 Å². The van der Waals surface area contributed by atoms with Gasteiger partial charge in [0, 0.05) is 24.0 Å². The molecule has 29 heavy (non-hydrogen) atoms. The lowest BCUT2D eigenvalue weighted by Gasteiger charge is -2.36. The fourth-order valence-corrected chi connectivity index (χ4v) is 4.02. The predicted molar refractivity (Wildman–Crippen MR) is 109 cm³/mol. The van der Waals surface area contributed by atoms with E-state index in [0.717, 1.165) is 5.56 Å². The maximum Gasteiger partial charge on any atom is 0.407 e. The predicted octanol–water partition coefficient (Wildman–Crippen LogP) is 3.06. The van der Waals surface area contributed by atoms with Crippen LogP contribution >= 0.6 is 11.3 Å². The third-order valence-corrected chi connectivity index (χ3v) is 5.75. The number of likely N-dealkylation sites (tertiary alicyclic amines) is 1. The van der Waals surface area contributed by atoms with E-state index >= 15 is 0 Å². The van der Waals surface area contributed by atoms with Crippen molar-refractivity contribution in [3.63, 3.8) is 0 Å². The Morgan fingerprint density at radius 2 is 1.90 bits per heavy atom. The molecule has 4 N–H and O–H groups in total. The van der Waals surface area contributed by atoms with E-state index in [1.54, 1.807) is 19.1 Å². The summed E-state index contributed by atoms with van der Waals surface area (Å²) in [5, 5.41) is 21.8. The van der Waals surface area contributed by atoms with Gasteiger partial charge >= 0.3 is 12.1 Å². The van der Waals surface area contributed by atoms with Crippen molar-refractivity contribution in [3.05, 3.63) is 35.2 Å². The third-order valence-electron chi connectivity index (χ3n) is 4.94. The Labute approximate surface area is 172 Å². The molecule has 0 radical (unpaired) electrons. The highest BCUT2D eigenvalue weighted by Crippen LogP contribution is 2.35. The Balaban J connectivity index is 1.64. The SMILES string of the molecule is CCOC(=O)c1c(-c2ccc(OCC3(O)CCN(C(=O)O)CC3)cc2)csc1N. The van der Waals surface area contributed by atoms with Crippen LogP contribution in [0.25, 0.3) is 11.1 Å². The monoisotopic (exact) mass is 420 g/mol. The summed E-state index contributed by atoms with van der Waals surface area (Å²) in [4.78, 5) is 24.4. The van der Waals surface area contributed by atoms with Crippen molar-refractivity contribution in [2.24, 2.45) is 0 Å². The number of nitrogens with two attached hydrogens (primary N) is 1. The lowest BCUT2D eigenvalue weighted by atomic mass is 9.92. The van der Waals surface area contributed by atoms with E-state index in [-0.39, 0.29) is 26.3 Å². The van der Waals surface area contributed by atoms with Crippen LogP contribution in [0.4, 0.5) is 9.80 Å². The van der Waals surface area contributed by atoms with Crippen LogP contribution in [0.1, 0.15) is 30.1 Å². The van der Waals surface area contributed by atoms with Gasteiger partial charge in [0.05, 0.1) is 6.61 Å². The molecule has 1 fully saturated rings. The van der Waals surface area contributed by atoms with Crippen molar-refractivity contribution in [2.75, 3.05) is 32.0 Å². The second kappa shape index (κ2) is 8.71. The number of hydrogen-bond donors (Lipinski definition) is 3. The lowest BCUT2D eigenvalue weighted by Crippen LogP contribution is -2.49. The summed E-state index contributed by atoms with van der Waals surface area (Å²) in [6.45, 7) is 2.66. The van der Waals surface area contributed by atoms with Crippen molar-refractivity contribution in [2.45, 2.75) is 25.4 Å². The molecular formula is C20H24N2O6S. The molecule has 0 bridgehead atoms. The first-order valence-corrected chi connectivity index (χ1v) is 10.2. The molecule has 0 aliphatic carbocycles. The number of carbonyl (C=O) groups excluding carboxylic acids is 1. The molecule has 1 aliphatic rings. The second-order valence-electron chi connectivity index (χ2n) is 6.92. The summed E-state index contributed by atoms with van der Waals surface area (Å²) < 4.78 is 10.8. The van der Waals surface area contributed by atoms with Crippen LogP contribution < -0.4 is 10.5 Å². The summed E-state index contributed by atoms with van der Waals surface area (Å²) >= 11 is 1.28. The van der Waals surface area contributed by atoms with Crippen molar-refractivity contribution in [3.8, 4) is 16.9 Å². The molecule has 1 aromatic heterocycles. The number of nitrogens with zero attached hydrogens (tertiary/aromatic N) is 1. The molecule has 1 aromatic carbocycles. The van der Waals surface area contributed by atoms with Gasteiger partial charge in [-0.15, -0.1) is 11.3 Å². The van der Waals surface area contributed by atoms with E-state index < -0.39 is 17.7 Å². The van der Waals surface area contributed by atoms with Crippen molar-refractivity contribution in [1.29, 1.82) is 0 Å². The van der Waals surface area contributed by atoms with Gasteiger partial charge in [0.2, 0.25) is 0 Å². The Kier molecular flexibility index (Phi) is 6.29. The van der Waals surface area contributed by atoms with Gasteiger partial charge in [0.1, 0.15) is 28.5 Å². The number of thiophene rings is 1. The highest BCUT2D eigenvalue weighted by molar-refractivity contribution is 7.14. The van der Waals surface area contributed by atoms with Crippen LogP contribution in [0.3, 0.4) is 0 Å². The zero-order valence-corrected chi connectivity index (χ0v) is 16.9. The number of hydrogen-bond acceptors (Lipinski definition) is 7. The first-order valence-electron chi connectivity index (χ1n) is 9.30. The van der Waals surface area contributed by atoms with Crippen LogP contribution in [-0.2, 0) is 4.74 Å². The van der Waals surface area contributed by atoms with Crippen LogP contribution in [-0.4, -0.2) is 59.1 Å². The largest absolute Gasteiger partial charge is 0.491 e. The van der Waals surface area contributed by atoms with Gasteiger partial charge in [-0.25, -0.2) is 9.59 Å². The highest BCUT2D eigenvalue weighted by Gasteiger charge is 2.34. The molecule has 2 aromatic rings. The molecule has 1 aliphatic heterocycles. The average Bonchev–Trinajstić information content (AvgIpc) is 3.09. The lowest BCUT2D eigenvalue weighted by molar-refractivity contribution is -0.0482. The smallest absolute Gasteiger partial charge is 0.407 e. The summed E-state index contributed by atoms with van der Waals surface area (Å²) in [5.41, 5.74) is 6.76. The van der Waals surface area contributed by atoms with Gasteiger partial charge in [0.25, 0.3) is 0 Å². The molecule has 0 spiro atoms. The number of aliphatic hydroxyl groups is 1. The minimum absolute atomic E-state index is 0.0826. The maximum atomic E-state index is 12.2. The minimum atomic E-state index is -1.05. The number of carboxylic acid groups (broad SMARTS) is 1. The van der Waals surface area contributed by atoms with E-state index in [2.05, 4.69) is 0 Å². The summed E-state index contributed by atoms with van der Waals surface area (Å²) in [7, 11) is 0. The molecule has 1 saturated heterocycles. The van der Waals surface area contributed by atoms with Crippen LogP contribution in [0.5, 0.6) is 5.75 Å². The number of esters is 1. The number of nitrogen functional groups attached to an aromatic ring is 1. The average molecular weight is 420 g/mol. The Morgan fingerprint density at radius 3 is 2.48 bits per heavy atom. The van der Waals surface area contributed by atoms with Gasteiger partial charge in [-0.2, -0.15) is 0 Å². The van der Waals surface area contributed by atoms with Gasteiger partial charge in [-0.1, -0.05) is 12.1 Å². The van der Waals surface area contributed by atoms with Crippen LogP contribution in [0, 0.1) is 0 Å². The zero-order valence-electron chi connectivity index (χ0n) is 16.1. The van der Waals surface area contributed by atoms with E-state index in [0.29, 0.717) is 34.7 Å². The number of rotatable bonds is 6. The normalized spacial score (nSPS) is 15.7.